The van der Waals surface area contributed by atoms with E-state index in [1.165, 1.54) is 11.3 Å². The Hall–Kier alpha value is -2.88. The highest BCUT2D eigenvalue weighted by atomic mass is 32.1. The van der Waals surface area contributed by atoms with Gasteiger partial charge < -0.3 is 11.1 Å². The molecule has 3 N–H and O–H groups in total. The number of aromatic nitrogens is 2. The zero-order valence-corrected chi connectivity index (χ0v) is 16.0. The zero-order chi connectivity index (χ0) is 20.8. The van der Waals surface area contributed by atoms with Crippen LogP contribution in [-0.4, -0.2) is 21.6 Å². The van der Waals surface area contributed by atoms with Crippen LogP contribution in [0.15, 0.2) is 24.3 Å². The number of carbonyl (C=O) groups excluding carboxylic acids is 2. The highest BCUT2D eigenvalue weighted by Crippen LogP contribution is 2.37. The highest BCUT2D eigenvalue weighted by molar-refractivity contribution is 7.23. The third kappa shape index (κ3) is 3.59. The largest absolute Gasteiger partial charge is 0.435 e. The zero-order valence-electron chi connectivity index (χ0n) is 15.2. The van der Waals surface area contributed by atoms with Gasteiger partial charge in [0.2, 0.25) is 5.91 Å². The quantitative estimate of drug-likeness (QED) is 0.671. The number of nitrogens with zero attached hydrogens (tertiary/aromatic N) is 2. The fourth-order valence-electron chi connectivity index (χ4n) is 3.71. The van der Waals surface area contributed by atoms with Crippen molar-refractivity contribution in [2.45, 2.75) is 38.4 Å². The molecule has 2 aromatic heterocycles. The van der Waals surface area contributed by atoms with Gasteiger partial charge in [0.25, 0.3) is 5.91 Å². The number of nitrogens with one attached hydrogen (secondary N) is 1. The Morgan fingerprint density at radius 3 is 2.66 bits per heavy atom. The number of thiophene rings is 1. The lowest BCUT2D eigenvalue weighted by atomic mass is 9.95. The van der Waals surface area contributed by atoms with Crippen LogP contribution >= 0.6 is 11.3 Å². The summed E-state index contributed by atoms with van der Waals surface area (Å²) in [6.07, 6.45) is -2.40. The van der Waals surface area contributed by atoms with Crippen LogP contribution in [0.5, 0.6) is 0 Å². The summed E-state index contributed by atoms with van der Waals surface area (Å²) in [6, 6.07) is 7.06. The first kappa shape index (κ1) is 19.4. The minimum absolute atomic E-state index is 0.177. The number of amides is 2. The smallest absolute Gasteiger partial charge is 0.365 e. The molecule has 3 aromatic rings. The number of rotatable bonds is 4. The van der Waals surface area contributed by atoms with E-state index in [4.69, 9.17) is 5.73 Å². The van der Waals surface area contributed by atoms with Gasteiger partial charge in [-0.25, -0.2) is 0 Å². The van der Waals surface area contributed by atoms with Crippen molar-refractivity contribution in [2.75, 3.05) is 5.32 Å². The first-order chi connectivity index (χ1) is 13.8. The number of primary amides is 1. The number of benzene rings is 1. The number of hydrogen-bond donors (Lipinski definition) is 2. The Labute approximate surface area is 167 Å². The lowest BCUT2D eigenvalue weighted by Gasteiger charge is -2.14. The summed E-state index contributed by atoms with van der Waals surface area (Å²) in [5.41, 5.74) is 5.37. The average molecular weight is 422 g/mol. The molecule has 10 heteroatoms. The average Bonchev–Trinajstić information content (AvgIpc) is 3.20. The summed E-state index contributed by atoms with van der Waals surface area (Å²) in [7, 11) is 0. The number of anilines is 1. The second-order valence-electron chi connectivity index (χ2n) is 6.85. The minimum atomic E-state index is -4.56. The Bertz CT molecular complexity index is 1120. The van der Waals surface area contributed by atoms with E-state index >= 15 is 0 Å². The van der Waals surface area contributed by atoms with Crippen LogP contribution in [-0.2, 0) is 30.4 Å². The molecule has 1 aromatic carbocycles. The molecule has 29 heavy (non-hydrogen) atoms. The van der Waals surface area contributed by atoms with E-state index in [0.717, 1.165) is 15.8 Å². The van der Waals surface area contributed by atoms with Gasteiger partial charge in [0.15, 0.2) is 5.69 Å². The van der Waals surface area contributed by atoms with E-state index < -0.39 is 23.7 Å². The van der Waals surface area contributed by atoms with Gasteiger partial charge in [-0.1, -0.05) is 18.2 Å². The predicted octanol–water partition coefficient (Wildman–Crippen LogP) is 3.73. The topological polar surface area (TPSA) is 90.0 Å². The van der Waals surface area contributed by atoms with Crippen molar-refractivity contribution in [1.82, 2.24) is 9.78 Å². The summed E-state index contributed by atoms with van der Waals surface area (Å²) >= 11 is 1.19. The molecule has 1 aliphatic rings. The van der Waals surface area contributed by atoms with Crippen molar-refractivity contribution >= 4 is 38.2 Å². The van der Waals surface area contributed by atoms with Crippen LogP contribution in [0.1, 0.15) is 40.2 Å². The molecule has 0 spiro atoms. The Morgan fingerprint density at radius 2 is 1.93 bits per heavy atom. The van der Waals surface area contributed by atoms with Crippen molar-refractivity contribution in [3.05, 3.63) is 46.8 Å². The maximum atomic E-state index is 13.3. The second kappa shape index (κ2) is 7.18. The van der Waals surface area contributed by atoms with E-state index in [9.17, 15) is 22.8 Å². The van der Waals surface area contributed by atoms with E-state index in [1.54, 1.807) is 24.3 Å². The van der Waals surface area contributed by atoms with Crippen molar-refractivity contribution in [3.63, 3.8) is 0 Å². The van der Waals surface area contributed by atoms with Crippen LogP contribution in [0, 0.1) is 0 Å². The summed E-state index contributed by atoms with van der Waals surface area (Å²) in [4.78, 5) is 24.5. The van der Waals surface area contributed by atoms with Crippen molar-refractivity contribution in [3.8, 4) is 0 Å². The molecule has 0 saturated heterocycles. The molecular weight excluding hydrogens is 405 g/mol. The number of hydrogen-bond acceptors (Lipinski definition) is 4. The number of carbonyl (C=O) groups is 2. The normalized spacial score (nSPS) is 14.0. The first-order valence-electron chi connectivity index (χ1n) is 9.02. The minimum Gasteiger partial charge on any atom is -0.365 e. The van der Waals surface area contributed by atoms with Gasteiger partial charge in [0.05, 0.1) is 5.56 Å². The maximum Gasteiger partial charge on any atom is 0.435 e. The molecule has 152 valence electrons. The summed E-state index contributed by atoms with van der Waals surface area (Å²) in [5, 5.41) is 7.21. The lowest BCUT2D eigenvalue weighted by molar-refractivity contribution is -0.142. The van der Waals surface area contributed by atoms with Crippen LogP contribution in [0.25, 0.3) is 10.1 Å². The fourth-order valence-corrected chi connectivity index (χ4v) is 4.83. The van der Waals surface area contributed by atoms with Gasteiger partial charge in [0.1, 0.15) is 11.5 Å². The third-order valence-electron chi connectivity index (χ3n) is 4.91. The molecule has 0 atom stereocenters. The molecule has 0 unspecified atom stereocenters. The standard InChI is InChI=1S/C19H17F3N4O2S/c20-19(21,22)16-10-5-1-3-7-12(10)26(25-16)9-14(27)24-18-15(17(23)28)11-6-2-4-8-13(11)29-18/h2,4,6,8H,1,3,5,7,9H2,(H2,23,28)(H,24,27). The molecule has 0 saturated carbocycles. The molecule has 2 amide bonds. The van der Waals surface area contributed by atoms with E-state index in [2.05, 4.69) is 10.4 Å². The Morgan fingerprint density at radius 1 is 1.21 bits per heavy atom. The number of halogens is 3. The Kier molecular flexibility index (Phi) is 4.81. The summed E-state index contributed by atoms with van der Waals surface area (Å²) < 4.78 is 41.8. The van der Waals surface area contributed by atoms with Crippen LogP contribution in [0.4, 0.5) is 18.2 Å². The lowest BCUT2D eigenvalue weighted by Crippen LogP contribution is -2.23. The van der Waals surface area contributed by atoms with Crippen LogP contribution in [0.2, 0.25) is 0 Å². The van der Waals surface area contributed by atoms with Crippen molar-refractivity contribution < 1.29 is 22.8 Å². The van der Waals surface area contributed by atoms with Gasteiger partial charge in [-0.15, -0.1) is 11.3 Å². The molecule has 0 radical (unpaired) electrons. The van der Waals surface area contributed by atoms with Gasteiger partial charge >= 0.3 is 6.18 Å². The molecule has 0 fully saturated rings. The van der Waals surface area contributed by atoms with Crippen LogP contribution in [0.3, 0.4) is 0 Å². The molecule has 0 bridgehead atoms. The fraction of sp³-hybridized carbons (Fsp3) is 0.316. The van der Waals surface area contributed by atoms with E-state index in [0.29, 0.717) is 30.3 Å². The van der Waals surface area contributed by atoms with E-state index in [1.807, 2.05) is 0 Å². The molecule has 1 aliphatic carbocycles. The van der Waals surface area contributed by atoms with Crippen LogP contribution < -0.4 is 11.1 Å². The molecule has 2 heterocycles. The summed E-state index contributed by atoms with van der Waals surface area (Å²) in [5.74, 6) is -1.25. The summed E-state index contributed by atoms with van der Waals surface area (Å²) in [6.45, 7) is -0.370. The molecule has 6 nitrogen and oxygen atoms in total. The van der Waals surface area contributed by atoms with Gasteiger partial charge in [-0.2, -0.15) is 18.3 Å². The SMILES string of the molecule is NC(=O)c1c(NC(=O)Cn2nc(C(F)(F)F)c3c2CCCC3)sc2ccccc12. The number of fused-ring (bicyclic) bond motifs is 2. The van der Waals surface area contributed by atoms with Crippen molar-refractivity contribution in [1.29, 1.82) is 0 Å². The first-order valence-corrected chi connectivity index (χ1v) is 9.84. The van der Waals surface area contributed by atoms with Crippen molar-refractivity contribution in [2.24, 2.45) is 5.73 Å². The Balaban J connectivity index is 1.63. The molecular formula is C19H17F3N4O2S. The molecule has 0 aliphatic heterocycles. The van der Waals surface area contributed by atoms with Gasteiger partial charge in [-0.3, -0.25) is 14.3 Å². The maximum absolute atomic E-state index is 13.3. The number of alkyl halides is 3. The second-order valence-corrected chi connectivity index (χ2v) is 7.90. The predicted molar refractivity (Wildman–Crippen MR) is 103 cm³/mol. The van der Waals surface area contributed by atoms with Gasteiger partial charge in [0, 0.05) is 21.3 Å². The monoisotopic (exact) mass is 422 g/mol. The van der Waals surface area contributed by atoms with Gasteiger partial charge in [-0.05, 0) is 31.7 Å². The third-order valence-corrected chi connectivity index (χ3v) is 6.00. The molecule has 4 rings (SSSR count). The van der Waals surface area contributed by atoms with E-state index in [-0.39, 0.29) is 22.7 Å². The number of nitrogens with two attached hydrogens (primary N) is 1. The highest BCUT2D eigenvalue weighted by Gasteiger charge is 2.39.